The lowest BCUT2D eigenvalue weighted by Crippen LogP contribution is -2.20. The maximum absolute atomic E-state index is 12.3. The van der Waals surface area contributed by atoms with E-state index in [4.69, 9.17) is 0 Å². The van der Waals surface area contributed by atoms with Gasteiger partial charge in [-0.05, 0) is 37.3 Å². The van der Waals surface area contributed by atoms with Crippen LogP contribution in [0, 0.1) is 5.92 Å². The summed E-state index contributed by atoms with van der Waals surface area (Å²) in [7, 11) is 0. The Labute approximate surface area is 111 Å². The van der Waals surface area contributed by atoms with Crippen LogP contribution in [-0.2, 0) is 0 Å². The number of ether oxygens (including phenoxy) is 1. The van der Waals surface area contributed by atoms with Gasteiger partial charge in [0.05, 0.1) is 5.69 Å². The van der Waals surface area contributed by atoms with E-state index >= 15 is 0 Å². The predicted molar refractivity (Wildman–Crippen MR) is 68.2 cm³/mol. The third kappa shape index (κ3) is 4.04. The second kappa shape index (κ2) is 5.72. The van der Waals surface area contributed by atoms with Gasteiger partial charge in [-0.2, -0.15) is 0 Å². The average molecular weight is 273 g/mol. The molecule has 1 aliphatic carbocycles. The van der Waals surface area contributed by atoms with Crippen molar-refractivity contribution >= 4 is 5.69 Å². The van der Waals surface area contributed by atoms with Crippen molar-refractivity contribution in [3.8, 4) is 5.75 Å². The van der Waals surface area contributed by atoms with Gasteiger partial charge in [0.2, 0.25) is 0 Å². The third-order valence-electron chi connectivity index (χ3n) is 3.59. The first-order valence-electron chi connectivity index (χ1n) is 6.59. The normalized spacial score (nSPS) is 23.4. The summed E-state index contributed by atoms with van der Waals surface area (Å²) in [6.45, 7) is 2.15. The molecule has 0 radical (unpaired) electrons. The molecule has 2 unspecified atom stereocenters. The minimum atomic E-state index is -4.65. The van der Waals surface area contributed by atoms with E-state index in [2.05, 4.69) is 17.0 Å². The summed E-state index contributed by atoms with van der Waals surface area (Å²) in [5, 5.41) is 3.17. The first-order chi connectivity index (χ1) is 8.98. The molecule has 0 amide bonds. The molecule has 1 fully saturated rings. The Balaban J connectivity index is 2.04. The van der Waals surface area contributed by atoms with Gasteiger partial charge in [0, 0.05) is 6.04 Å². The van der Waals surface area contributed by atoms with Gasteiger partial charge in [0.1, 0.15) is 0 Å². The summed E-state index contributed by atoms with van der Waals surface area (Å²) in [6.07, 6.45) is -0.384. The highest BCUT2D eigenvalue weighted by atomic mass is 19.4. The molecule has 1 aromatic rings. The maximum Gasteiger partial charge on any atom is 0.573 e. The summed E-state index contributed by atoms with van der Waals surface area (Å²) in [6, 6.07) is 6.44. The monoisotopic (exact) mass is 273 g/mol. The van der Waals surface area contributed by atoms with Crippen molar-refractivity contribution in [2.75, 3.05) is 5.32 Å². The van der Waals surface area contributed by atoms with E-state index in [-0.39, 0.29) is 11.8 Å². The number of nitrogens with one attached hydrogen (secondary N) is 1. The lowest BCUT2D eigenvalue weighted by Gasteiger charge is -2.18. The Kier molecular flexibility index (Phi) is 4.22. The highest BCUT2D eigenvalue weighted by Crippen LogP contribution is 2.34. The molecule has 0 aliphatic heterocycles. The summed E-state index contributed by atoms with van der Waals surface area (Å²) >= 11 is 0. The summed E-state index contributed by atoms with van der Waals surface area (Å²) in [4.78, 5) is 0. The van der Waals surface area contributed by atoms with E-state index < -0.39 is 6.36 Å². The van der Waals surface area contributed by atoms with Crippen LogP contribution in [0.15, 0.2) is 24.3 Å². The highest BCUT2D eigenvalue weighted by Gasteiger charge is 2.32. The Morgan fingerprint density at radius 3 is 2.63 bits per heavy atom. The molecule has 0 spiro atoms. The van der Waals surface area contributed by atoms with Crippen LogP contribution in [0.1, 0.15) is 32.6 Å². The summed E-state index contributed by atoms with van der Waals surface area (Å²) in [5.41, 5.74) is 0.418. The first kappa shape index (κ1) is 14.0. The van der Waals surface area contributed by atoms with Gasteiger partial charge < -0.3 is 10.1 Å². The molecule has 2 nitrogen and oxygen atoms in total. The number of benzene rings is 1. The molecule has 1 saturated carbocycles. The molecule has 5 heteroatoms. The molecule has 0 aromatic heterocycles. The van der Waals surface area contributed by atoms with Crippen LogP contribution in [0.2, 0.25) is 0 Å². The second-order valence-corrected chi connectivity index (χ2v) is 4.97. The highest BCUT2D eigenvalue weighted by molar-refractivity contribution is 5.56. The molecule has 19 heavy (non-hydrogen) atoms. The molecule has 0 saturated heterocycles. The Bertz CT molecular complexity index is 419. The number of hydrogen-bond donors (Lipinski definition) is 1. The number of para-hydroxylation sites is 2. The lowest BCUT2D eigenvalue weighted by atomic mass is 10.1. The van der Waals surface area contributed by atoms with E-state index in [0.29, 0.717) is 11.6 Å². The fourth-order valence-corrected chi connectivity index (χ4v) is 2.60. The molecule has 106 valence electrons. The van der Waals surface area contributed by atoms with Crippen molar-refractivity contribution in [1.82, 2.24) is 0 Å². The standard InChI is InChI=1S/C14H18F3NO/c1-2-10-7-8-11(9-10)18-12-5-3-4-6-13(12)19-14(15,16)17/h3-6,10-11,18H,2,7-9H2,1H3. The summed E-state index contributed by atoms with van der Waals surface area (Å²) in [5.74, 6) is 0.517. The van der Waals surface area contributed by atoms with Crippen LogP contribution in [0.25, 0.3) is 0 Å². The first-order valence-corrected chi connectivity index (χ1v) is 6.59. The number of halogens is 3. The van der Waals surface area contributed by atoms with Crippen LogP contribution < -0.4 is 10.1 Å². The van der Waals surface area contributed by atoms with E-state index in [1.54, 1.807) is 12.1 Å². The van der Waals surface area contributed by atoms with Crippen LogP contribution in [0.4, 0.5) is 18.9 Å². The van der Waals surface area contributed by atoms with Gasteiger partial charge in [-0.1, -0.05) is 25.5 Å². The Morgan fingerprint density at radius 1 is 1.26 bits per heavy atom. The minimum Gasteiger partial charge on any atom is -0.404 e. The molecule has 0 heterocycles. The van der Waals surface area contributed by atoms with Crippen molar-refractivity contribution in [2.45, 2.75) is 45.0 Å². The van der Waals surface area contributed by atoms with Gasteiger partial charge in [-0.15, -0.1) is 13.2 Å². The van der Waals surface area contributed by atoms with E-state index in [1.807, 2.05) is 0 Å². The van der Waals surface area contributed by atoms with Gasteiger partial charge in [0.25, 0.3) is 0 Å². The van der Waals surface area contributed by atoms with Crippen LogP contribution >= 0.6 is 0 Å². The SMILES string of the molecule is CCC1CCC(Nc2ccccc2OC(F)(F)F)C1. The Morgan fingerprint density at radius 2 is 2.00 bits per heavy atom. The Hall–Kier alpha value is -1.39. The minimum absolute atomic E-state index is 0.157. The zero-order valence-corrected chi connectivity index (χ0v) is 10.8. The van der Waals surface area contributed by atoms with E-state index in [0.717, 1.165) is 25.7 Å². The lowest BCUT2D eigenvalue weighted by molar-refractivity contribution is -0.274. The predicted octanol–water partition coefficient (Wildman–Crippen LogP) is 4.58. The van der Waals surface area contributed by atoms with Crippen LogP contribution in [-0.4, -0.2) is 12.4 Å². The van der Waals surface area contributed by atoms with Crippen molar-refractivity contribution in [1.29, 1.82) is 0 Å². The third-order valence-corrected chi connectivity index (χ3v) is 3.59. The van der Waals surface area contributed by atoms with E-state index in [9.17, 15) is 13.2 Å². The second-order valence-electron chi connectivity index (χ2n) is 4.97. The summed E-state index contributed by atoms with van der Waals surface area (Å²) < 4.78 is 40.9. The number of hydrogen-bond acceptors (Lipinski definition) is 2. The van der Waals surface area contributed by atoms with Crippen molar-refractivity contribution in [3.05, 3.63) is 24.3 Å². The topological polar surface area (TPSA) is 21.3 Å². The van der Waals surface area contributed by atoms with Gasteiger partial charge in [-0.3, -0.25) is 0 Å². The average Bonchev–Trinajstić information content (AvgIpc) is 2.78. The quantitative estimate of drug-likeness (QED) is 0.867. The molecule has 1 aliphatic rings. The van der Waals surface area contributed by atoms with Crippen molar-refractivity contribution in [3.63, 3.8) is 0 Å². The molecule has 2 rings (SSSR count). The van der Waals surface area contributed by atoms with Gasteiger partial charge in [-0.25, -0.2) is 0 Å². The van der Waals surface area contributed by atoms with Gasteiger partial charge in [0.15, 0.2) is 5.75 Å². The van der Waals surface area contributed by atoms with Crippen LogP contribution in [0.3, 0.4) is 0 Å². The van der Waals surface area contributed by atoms with E-state index in [1.165, 1.54) is 12.1 Å². The molecular weight excluding hydrogens is 255 g/mol. The zero-order chi connectivity index (χ0) is 13.9. The number of anilines is 1. The fraction of sp³-hybridized carbons (Fsp3) is 0.571. The zero-order valence-electron chi connectivity index (χ0n) is 10.8. The number of rotatable bonds is 4. The molecule has 1 N–H and O–H groups in total. The smallest absolute Gasteiger partial charge is 0.404 e. The molecule has 1 aromatic carbocycles. The maximum atomic E-state index is 12.3. The van der Waals surface area contributed by atoms with Gasteiger partial charge >= 0.3 is 6.36 Å². The number of alkyl halides is 3. The van der Waals surface area contributed by atoms with Crippen molar-refractivity contribution < 1.29 is 17.9 Å². The fourth-order valence-electron chi connectivity index (χ4n) is 2.60. The van der Waals surface area contributed by atoms with Crippen molar-refractivity contribution in [2.24, 2.45) is 5.92 Å². The largest absolute Gasteiger partial charge is 0.573 e. The molecule has 2 atom stereocenters. The van der Waals surface area contributed by atoms with Crippen LogP contribution in [0.5, 0.6) is 5.75 Å². The molecule has 0 bridgehead atoms. The molecular formula is C14H18F3NO.